The molecule has 0 aromatic heterocycles. The van der Waals surface area contributed by atoms with E-state index in [2.05, 4.69) is 6.58 Å². The highest BCUT2D eigenvalue weighted by molar-refractivity contribution is 5.93. The average Bonchev–Trinajstić information content (AvgIpc) is 2.89. The highest BCUT2D eigenvalue weighted by atomic mass is 16.6. The van der Waals surface area contributed by atoms with Gasteiger partial charge in [0, 0.05) is 30.9 Å². The van der Waals surface area contributed by atoms with E-state index in [9.17, 15) is 14.4 Å². The first-order valence-corrected chi connectivity index (χ1v) is 7.51. The van der Waals surface area contributed by atoms with E-state index in [0.717, 1.165) is 5.57 Å². The van der Waals surface area contributed by atoms with E-state index in [1.54, 1.807) is 12.2 Å². The van der Waals surface area contributed by atoms with Gasteiger partial charge in [-0.1, -0.05) is 12.2 Å². The minimum Gasteiger partial charge on any atom is -0.458 e. The summed E-state index contributed by atoms with van der Waals surface area (Å²) in [6, 6.07) is 0. The summed E-state index contributed by atoms with van der Waals surface area (Å²) in [5.74, 6) is -1.87. The Kier molecular flexibility index (Phi) is 3.83. The largest absolute Gasteiger partial charge is 0.458 e. The summed E-state index contributed by atoms with van der Waals surface area (Å²) < 4.78 is 16.0. The third-order valence-electron chi connectivity index (χ3n) is 4.28. The Bertz CT molecular complexity index is 656. The van der Waals surface area contributed by atoms with E-state index in [-0.39, 0.29) is 24.1 Å². The molecule has 0 spiro atoms. The van der Waals surface area contributed by atoms with E-state index >= 15 is 0 Å². The number of carbonyl (C=O) groups is 3. The van der Waals surface area contributed by atoms with Crippen LogP contribution in [-0.2, 0) is 28.6 Å². The highest BCUT2D eigenvalue weighted by Crippen LogP contribution is 2.38. The lowest BCUT2D eigenvalue weighted by Crippen LogP contribution is -2.32. The number of rotatable bonds is 1. The molecule has 2 unspecified atom stereocenters. The minimum atomic E-state index is -0.648. The molecule has 0 amide bonds. The molecule has 2 heterocycles. The molecule has 2 bridgehead atoms. The third-order valence-corrected chi connectivity index (χ3v) is 4.28. The first kappa shape index (κ1) is 15.5. The van der Waals surface area contributed by atoms with E-state index in [4.69, 9.17) is 14.2 Å². The van der Waals surface area contributed by atoms with Crippen LogP contribution in [0.15, 0.2) is 35.5 Å². The lowest BCUT2D eigenvalue weighted by atomic mass is 9.85. The van der Waals surface area contributed by atoms with Crippen LogP contribution in [0.1, 0.15) is 26.7 Å². The van der Waals surface area contributed by atoms with E-state index in [1.165, 1.54) is 6.92 Å². The Balaban J connectivity index is 2.01. The summed E-state index contributed by atoms with van der Waals surface area (Å²) >= 11 is 0. The van der Waals surface area contributed by atoms with Crippen molar-refractivity contribution >= 4 is 17.9 Å². The van der Waals surface area contributed by atoms with Gasteiger partial charge in [0.2, 0.25) is 0 Å². The Morgan fingerprint density at radius 2 is 1.96 bits per heavy atom. The number of fused-ring (bicyclic) bond motifs is 2. The molecule has 1 aliphatic carbocycles. The molecule has 3 aliphatic rings. The molecule has 2 aliphatic heterocycles. The fourth-order valence-electron chi connectivity index (χ4n) is 3.30. The van der Waals surface area contributed by atoms with Crippen LogP contribution in [0.2, 0.25) is 0 Å². The van der Waals surface area contributed by atoms with Crippen molar-refractivity contribution in [2.75, 3.05) is 0 Å². The van der Waals surface area contributed by atoms with Crippen LogP contribution in [0.5, 0.6) is 0 Å². The van der Waals surface area contributed by atoms with Gasteiger partial charge >= 0.3 is 17.9 Å². The van der Waals surface area contributed by atoms with Gasteiger partial charge in [0.05, 0.1) is 5.92 Å². The van der Waals surface area contributed by atoms with Crippen LogP contribution in [0.3, 0.4) is 0 Å². The van der Waals surface area contributed by atoms with Gasteiger partial charge in [-0.25, -0.2) is 9.59 Å². The van der Waals surface area contributed by atoms with Crippen LogP contribution in [0, 0.1) is 5.92 Å². The maximum atomic E-state index is 11.9. The average molecular weight is 318 g/mol. The van der Waals surface area contributed by atoms with Crippen molar-refractivity contribution in [2.24, 2.45) is 5.92 Å². The second-order valence-electron chi connectivity index (χ2n) is 6.13. The molecule has 0 N–H and O–H groups in total. The van der Waals surface area contributed by atoms with Crippen LogP contribution in [0.4, 0.5) is 0 Å². The summed E-state index contributed by atoms with van der Waals surface area (Å²) in [5.41, 5.74) is 1.65. The monoisotopic (exact) mass is 318 g/mol. The first-order chi connectivity index (χ1) is 10.8. The third kappa shape index (κ3) is 2.93. The van der Waals surface area contributed by atoms with Crippen molar-refractivity contribution in [1.29, 1.82) is 0 Å². The van der Waals surface area contributed by atoms with E-state index in [0.29, 0.717) is 12.0 Å². The molecule has 6 nitrogen and oxygen atoms in total. The van der Waals surface area contributed by atoms with Crippen molar-refractivity contribution < 1.29 is 28.6 Å². The van der Waals surface area contributed by atoms with Gasteiger partial charge in [0.15, 0.2) is 0 Å². The van der Waals surface area contributed by atoms with Crippen molar-refractivity contribution in [3.63, 3.8) is 0 Å². The first-order valence-electron chi connectivity index (χ1n) is 7.51. The minimum absolute atomic E-state index is 0.232. The van der Waals surface area contributed by atoms with Gasteiger partial charge < -0.3 is 14.2 Å². The predicted molar refractivity (Wildman–Crippen MR) is 79.0 cm³/mol. The topological polar surface area (TPSA) is 78.9 Å². The number of ether oxygens (including phenoxy) is 3. The lowest BCUT2D eigenvalue weighted by molar-refractivity contribution is -0.147. The molecule has 1 saturated heterocycles. The van der Waals surface area contributed by atoms with Gasteiger partial charge in [0.1, 0.15) is 18.3 Å². The SMILES string of the molecule is C=C1C(=O)OC2CC3=C[C@@H](C/C(C)=C/C(OC(C)=O)[C@H]12)OC3=O. The maximum absolute atomic E-state index is 11.9. The number of hydrogen-bond acceptors (Lipinski definition) is 6. The number of esters is 3. The van der Waals surface area contributed by atoms with Crippen molar-refractivity contribution in [3.8, 4) is 0 Å². The van der Waals surface area contributed by atoms with E-state index in [1.807, 2.05) is 6.92 Å². The van der Waals surface area contributed by atoms with Gasteiger partial charge in [-0.05, 0) is 19.1 Å². The highest BCUT2D eigenvalue weighted by Gasteiger charge is 2.46. The summed E-state index contributed by atoms with van der Waals surface area (Å²) in [7, 11) is 0. The van der Waals surface area contributed by atoms with Crippen molar-refractivity contribution in [2.45, 2.75) is 45.0 Å². The molecule has 6 heteroatoms. The molecule has 0 saturated carbocycles. The van der Waals surface area contributed by atoms with Crippen molar-refractivity contribution in [1.82, 2.24) is 0 Å². The Morgan fingerprint density at radius 1 is 1.22 bits per heavy atom. The van der Waals surface area contributed by atoms with Gasteiger partial charge in [-0.3, -0.25) is 4.79 Å². The smallest absolute Gasteiger partial charge is 0.334 e. The maximum Gasteiger partial charge on any atom is 0.334 e. The quantitative estimate of drug-likeness (QED) is 0.316. The summed E-state index contributed by atoms with van der Waals surface area (Å²) in [5, 5.41) is 0. The molecular weight excluding hydrogens is 300 g/mol. The van der Waals surface area contributed by atoms with Crippen LogP contribution in [-0.4, -0.2) is 36.2 Å². The number of carbonyl (C=O) groups excluding carboxylic acids is 3. The predicted octanol–water partition coefficient (Wildman–Crippen LogP) is 1.61. The number of hydrogen-bond donors (Lipinski definition) is 0. The normalized spacial score (nSPS) is 35.5. The molecule has 0 aromatic carbocycles. The molecule has 1 fully saturated rings. The molecule has 3 rings (SSSR count). The van der Waals surface area contributed by atoms with Crippen molar-refractivity contribution in [3.05, 3.63) is 35.5 Å². The zero-order valence-corrected chi connectivity index (χ0v) is 13.0. The molecule has 4 atom stereocenters. The molecule has 0 radical (unpaired) electrons. The van der Waals surface area contributed by atoms with Crippen LogP contribution < -0.4 is 0 Å². The molecular formula is C17H18O6. The Morgan fingerprint density at radius 3 is 2.65 bits per heavy atom. The van der Waals surface area contributed by atoms with Gasteiger partial charge in [0.25, 0.3) is 0 Å². The van der Waals surface area contributed by atoms with Gasteiger partial charge in [-0.2, -0.15) is 0 Å². The Labute approximate surface area is 133 Å². The fourth-order valence-corrected chi connectivity index (χ4v) is 3.30. The van der Waals surface area contributed by atoms with Gasteiger partial charge in [-0.15, -0.1) is 0 Å². The molecule has 122 valence electrons. The second kappa shape index (κ2) is 5.68. The zero-order valence-electron chi connectivity index (χ0n) is 13.0. The standard InChI is InChI=1S/C17H18O6/c1-8-4-12-6-11(17(20)22-12)7-14-15(9(2)16(19)23-14)13(5-8)21-10(3)18/h5-6,12-15H,2,4,7H2,1,3H3/b8-5+/t12-,13?,14?,15+/m1/s1. The summed E-state index contributed by atoms with van der Waals surface area (Å²) in [6.45, 7) is 6.96. The van der Waals surface area contributed by atoms with Crippen LogP contribution in [0.25, 0.3) is 0 Å². The summed E-state index contributed by atoms with van der Waals surface area (Å²) in [4.78, 5) is 35.3. The molecule has 0 aromatic rings. The van der Waals surface area contributed by atoms with E-state index < -0.39 is 30.1 Å². The Hall–Kier alpha value is -2.37. The lowest BCUT2D eigenvalue weighted by Gasteiger charge is -2.25. The fraction of sp³-hybridized carbons (Fsp3) is 0.471. The zero-order chi connectivity index (χ0) is 16.7. The van der Waals surface area contributed by atoms with Crippen LogP contribution >= 0.6 is 0 Å². The summed E-state index contributed by atoms with van der Waals surface area (Å²) in [6.07, 6.45) is 2.74. The molecule has 23 heavy (non-hydrogen) atoms. The second-order valence-corrected chi connectivity index (χ2v) is 6.13.